The molecule has 2 saturated heterocycles. The molecule has 30 heavy (non-hydrogen) atoms. The van der Waals surface area contributed by atoms with Crippen LogP contribution in [0, 0.1) is 5.92 Å². The van der Waals surface area contributed by atoms with Gasteiger partial charge in [0.1, 0.15) is 0 Å². The van der Waals surface area contributed by atoms with Crippen molar-refractivity contribution in [2.45, 2.75) is 31.8 Å². The van der Waals surface area contributed by atoms with Crippen LogP contribution in [0.2, 0.25) is 0 Å². The van der Waals surface area contributed by atoms with Gasteiger partial charge < -0.3 is 14.4 Å². The van der Waals surface area contributed by atoms with Crippen molar-refractivity contribution in [2.75, 3.05) is 33.9 Å². The Labute approximate surface area is 182 Å². The van der Waals surface area contributed by atoms with Gasteiger partial charge in [-0.3, -0.25) is 9.69 Å². The summed E-state index contributed by atoms with van der Waals surface area (Å²) in [5, 5.41) is 2.15. The third-order valence-corrected chi connectivity index (χ3v) is 7.08. The molecule has 0 unspecified atom stereocenters. The second-order valence-corrected chi connectivity index (χ2v) is 9.08. The number of amides is 1. The van der Waals surface area contributed by atoms with Gasteiger partial charge in [0.2, 0.25) is 5.91 Å². The first kappa shape index (κ1) is 20.9. The lowest BCUT2D eigenvalue weighted by Gasteiger charge is -2.47. The van der Waals surface area contributed by atoms with Crippen LogP contribution in [0.5, 0.6) is 11.5 Å². The normalized spacial score (nSPS) is 22.1. The second-order valence-electron chi connectivity index (χ2n) is 8.05. The molecule has 0 aliphatic carbocycles. The Balaban J connectivity index is 1.39. The summed E-state index contributed by atoms with van der Waals surface area (Å²) >= 11 is 1.83. The predicted molar refractivity (Wildman–Crippen MR) is 121 cm³/mol. The van der Waals surface area contributed by atoms with Crippen LogP contribution < -0.4 is 9.47 Å². The van der Waals surface area contributed by atoms with E-state index in [9.17, 15) is 4.79 Å². The molecule has 2 atom stereocenters. The van der Waals surface area contributed by atoms with Crippen LogP contribution in [0.3, 0.4) is 0 Å². The number of methoxy groups -OCH3 is 2. The van der Waals surface area contributed by atoms with Crippen LogP contribution in [0.25, 0.3) is 6.08 Å². The summed E-state index contributed by atoms with van der Waals surface area (Å²) < 4.78 is 10.6. The molecule has 4 rings (SSSR count). The minimum Gasteiger partial charge on any atom is -0.493 e. The van der Waals surface area contributed by atoms with Gasteiger partial charge in [-0.2, -0.15) is 0 Å². The van der Waals surface area contributed by atoms with Crippen LogP contribution in [-0.2, 0) is 11.3 Å². The van der Waals surface area contributed by atoms with Gasteiger partial charge in [0, 0.05) is 43.2 Å². The minimum atomic E-state index is 0.117. The van der Waals surface area contributed by atoms with Crippen molar-refractivity contribution in [3.05, 3.63) is 52.2 Å². The molecule has 0 bridgehead atoms. The SMILES string of the molecule is COc1ccc(C=CC(=O)N2CCC[C@@H]3CN(Cc4cccs4)CC[C@H]32)cc1OC. The van der Waals surface area contributed by atoms with Crippen LogP contribution >= 0.6 is 11.3 Å². The lowest BCUT2D eigenvalue weighted by molar-refractivity contribution is -0.133. The molecule has 0 radical (unpaired) electrons. The first-order valence-electron chi connectivity index (χ1n) is 10.6. The highest BCUT2D eigenvalue weighted by Crippen LogP contribution is 2.32. The molecule has 5 nitrogen and oxygen atoms in total. The van der Waals surface area contributed by atoms with Gasteiger partial charge in [-0.1, -0.05) is 12.1 Å². The van der Waals surface area contributed by atoms with Gasteiger partial charge in [0.25, 0.3) is 0 Å². The average molecular weight is 427 g/mol. The van der Waals surface area contributed by atoms with E-state index in [0.717, 1.165) is 44.6 Å². The number of carbonyl (C=O) groups excluding carboxylic acids is 1. The maximum absolute atomic E-state index is 13.0. The van der Waals surface area contributed by atoms with Crippen molar-refractivity contribution >= 4 is 23.3 Å². The van der Waals surface area contributed by atoms with Crippen molar-refractivity contribution in [3.63, 3.8) is 0 Å². The van der Waals surface area contributed by atoms with Crippen LogP contribution in [0.1, 0.15) is 29.7 Å². The zero-order chi connectivity index (χ0) is 20.9. The van der Waals surface area contributed by atoms with Crippen molar-refractivity contribution < 1.29 is 14.3 Å². The molecule has 0 spiro atoms. The molecule has 160 valence electrons. The van der Waals surface area contributed by atoms with Crippen LogP contribution in [0.15, 0.2) is 41.8 Å². The lowest BCUT2D eigenvalue weighted by atomic mass is 9.83. The number of rotatable bonds is 6. The van der Waals surface area contributed by atoms with Gasteiger partial charge in [0.05, 0.1) is 14.2 Å². The van der Waals surface area contributed by atoms with Crippen molar-refractivity contribution in [2.24, 2.45) is 5.92 Å². The van der Waals surface area contributed by atoms with E-state index < -0.39 is 0 Å². The van der Waals surface area contributed by atoms with Crippen molar-refractivity contribution in [1.82, 2.24) is 9.80 Å². The summed E-state index contributed by atoms with van der Waals surface area (Å²) in [7, 11) is 3.24. The van der Waals surface area contributed by atoms with E-state index in [1.54, 1.807) is 20.3 Å². The zero-order valence-electron chi connectivity index (χ0n) is 17.8. The molecule has 6 heteroatoms. The highest BCUT2D eigenvalue weighted by Gasteiger charge is 2.37. The van der Waals surface area contributed by atoms with E-state index in [-0.39, 0.29) is 5.91 Å². The number of carbonyl (C=O) groups is 1. The molecule has 1 aromatic carbocycles. The number of nitrogens with zero attached hydrogens (tertiary/aromatic N) is 2. The molecular formula is C24H30N2O3S. The minimum absolute atomic E-state index is 0.117. The average Bonchev–Trinajstić information content (AvgIpc) is 3.29. The van der Waals surface area contributed by atoms with E-state index in [0.29, 0.717) is 23.5 Å². The Kier molecular flexibility index (Phi) is 6.75. The molecule has 2 aliphatic heterocycles. The Hall–Kier alpha value is -2.31. The first-order chi connectivity index (χ1) is 14.7. The van der Waals surface area contributed by atoms with Crippen LogP contribution in [-0.4, -0.2) is 55.6 Å². The van der Waals surface area contributed by atoms with E-state index in [1.807, 2.05) is 35.6 Å². The summed E-state index contributed by atoms with van der Waals surface area (Å²) in [4.78, 5) is 19.1. The molecule has 2 aromatic rings. The zero-order valence-corrected chi connectivity index (χ0v) is 18.6. The summed E-state index contributed by atoms with van der Waals surface area (Å²) in [5.41, 5.74) is 0.931. The van der Waals surface area contributed by atoms with Crippen LogP contribution in [0.4, 0.5) is 0 Å². The number of ether oxygens (including phenoxy) is 2. The quantitative estimate of drug-likeness (QED) is 0.646. The number of piperidine rings is 2. The topological polar surface area (TPSA) is 42.0 Å². The Morgan fingerprint density at radius 2 is 2.03 bits per heavy atom. The highest BCUT2D eigenvalue weighted by molar-refractivity contribution is 7.09. The number of fused-ring (bicyclic) bond motifs is 1. The van der Waals surface area contributed by atoms with E-state index in [1.165, 1.54) is 11.3 Å². The third kappa shape index (κ3) is 4.71. The fourth-order valence-corrected chi connectivity index (χ4v) is 5.48. The number of thiophene rings is 1. The summed E-state index contributed by atoms with van der Waals surface area (Å²) in [6.45, 7) is 4.04. The molecule has 0 N–H and O–H groups in total. The number of likely N-dealkylation sites (tertiary alicyclic amines) is 2. The monoisotopic (exact) mass is 426 g/mol. The summed E-state index contributed by atoms with van der Waals surface area (Å²) in [5.74, 6) is 2.05. The molecular weight excluding hydrogens is 396 g/mol. The third-order valence-electron chi connectivity index (χ3n) is 6.22. The van der Waals surface area contributed by atoms with E-state index >= 15 is 0 Å². The van der Waals surface area contributed by atoms with E-state index in [2.05, 4.69) is 27.3 Å². The van der Waals surface area contributed by atoms with Gasteiger partial charge in [-0.15, -0.1) is 11.3 Å². The number of hydrogen-bond acceptors (Lipinski definition) is 5. The highest BCUT2D eigenvalue weighted by atomic mass is 32.1. The van der Waals surface area contributed by atoms with Gasteiger partial charge in [-0.05, 0) is 60.4 Å². The molecule has 1 amide bonds. The number of hydrogen-bond donors (Lipinski definition) is 0. The van der Waals surface area contributed by atoms with E-state index in [4.69, 9.17) is 9.47 Å². The fraction of sp³-hybridized carbons (Fsp3) is 0.458. The van der Waals surface area contributed by atoms with Crippen molar-refractivity contribution in [3.8, 4) is 11.5 Å². The second kappa shape index (κ2) is 9.67. The Morgan fingerprint density at radius 1 is 1.17 bits per heavy atom. The molecule has 3 heterocycles. The Bertz CT molecular complexity index is 881. The molecule has 2 aliphatic rings. The maximum atomic E-state index is 13.0. The maximum Gasteiger partial charge on any atom is 0.246 e. The predicted octanol–water partition coefficient (Wildman–Crippen LogP) is 4.29. The number of benzene rings is 1. The Morgan fingerprint density at radius 3 is 2.80 bits per heavy atom. The molecule has 2 fully saturated rings. The molecule has 0 saturated carbocycles. The largest absolute Gasteiger partial charge is 0.493 e. The summed E-state index contributed by atoms with van der Waals surface area (Å²) in [6.07, 6.45) is 6.95. The van der Waals surface area contributed by atoms with Crippen molar-refractivity contribution in [1.29, 1.82) is 0 Å². The standard InChI is InChI=1S/C24H30N2O3S/c1-28-22-9-7-18(15-23(22)29-2)8-10-24(27)26-12-3-5-19-16-25(13-11-21(19)26)17-20-6-4-14-30-20/h4,6-10,14-15,19,21H,3,5,11-13,16-17H2,1-2H3/t19-,21-/m1/s1. The lowest BCUT2D eigenvalue weighted by Crippen LogP contribution is -2.55. The molecule has 1 aromatic heterocycles. The van der Waals surface area contributed by atoms with Gasteiger partial charge >= 0.3 is 0 Å². The van der Waals surface area contributed by atoms with Gasteiger partial charge in [-0.25, -0.2) is 0 Å². The smallest absolute Gasteiger partial charge is 0.246 e. The van der Waals surface area contributed by atoms with Gasteiger partial charge in [0.15, 0.2) is 11.5 Å². The summed E-state index contributed by atoms with van der Waals surface area (Å²) in [6, 6.07) is 10.4. The fourth-order valence-electron chi connectivity index (χ4n) is 4.74. The first-order valence-corrected chi connectivity index (χ1v) is 11.5.